The molecule has 4 N–H and O–H groups in total. The highest BCUT2D eigenvalue weighted by Crippen LogP contribution is 2.26. The Morgan fingerprint density at radius 2 is 2.00 bits per heavy atom. The van der Waals surface area contributed by atoms with E-state index in [2.05, 4.69) is 0 Å². The van der Waals surface area contributed by atoms with E-state index in [1.54, 1.807) is 0 Å². The van der Waals surface area contributed by atoms with Crippen LogP contribution in [0.3, 0.4) is 0 Å². The second kappa shape index (κ2) is 11.4. The first-order valence-corrected chi connectivity index (χ1v) is 7.02. The highest BCUT2D eigenvalue weighted by molar-refractivity contribution is 7.33. The molecule has 16 heavy (non-hydrogen) atoms. The van der Waals surface area contributed by atoms with E-state index in [1.807, 2.05) is 6.92 Å². The Balaban J connectivity index is 3.39. The van der Waals surface area contributed by atoms with Crippen LogP contribution >= 0.6 is 8.25 Å². The van der Waals surface area contributed by atoms with Crippen LogP contribution in [0.1, 0.15) is 45.4 Å². The number of nitrogens with two attached hydrogens (primary N) is 2. The van der Waals surface area contributed by atoms with E-state index in [-0.39, 0.29) is 0 Å². The molecule has 5 nitrogen and oxygen atoms in total. The van der Waals surface area contributed by atoms with Crippen molar-refractivity contribution >= 4 is 8.25 Å². The molecule has 0 heterocycles. The molecule has 0 fully saturated rings. The molecule has 0 radical (unpaired) electrons. The second-order valence-corrected chi connectivity index (χ2v) is 4.61. The van der Waals surface area contributed by atoms with Crippen LogP contribution in [0.4, 0.5) is 0 Å². The van der Waals surface area contributed by atoms with Crippen molar-refractivity contribution in [2.45, 2.75) is 51.7 Å². The summed E-state index contributed by atoms with van der Waals surface area (Å²) >= 11 is 0. The molecule has 96 valence electrons. The van der Waals surface area contributed by atoms with Crippen molar-refractivity contribution in [1.29, 1.82) is 0 Å². The van der Waals surface area contributed by atoms with Crippen molar-refractivity contribution in [3.05, 3.63) is 0 Å². The summed E-state index contributed by atoms with van der Waals surface area (Å²) in [5.74, 6) is 0. The fraction of sp³-hybridized carbons (Fsp3) is 1.00. The first-order chi connectivity index (χ1) is 7.70. The lowest BCUT2D eigenvalue weighted by Gasteiger charge is -2.03. The fourth-order valence-corrected chi connectivity index (χ4v) is 1.81. The molecule has 0 bridgehead atoms. The predicted molar refractivity (Wildman–Crippen MR) is 65.0 cm³/mol. The Morgan fingerprint density at radius 1 is 1.25 bits per heavy atom. The number of hydrogen-bond acceptors (Lipinski definition) is 5. The quantitative estimate of drug-likeness (QED) is 0.334. The lowest BCUT2D eigenvalue weighted by atomic mass is 10.2. The summed E-state index contributed by atoms with van der Waals surface area (Å²) in [4.78, 5) is 0. The Morgan fingerprint density at radius 3 is 2.62 bits per heavy atom. The van der Waals surface area contributed by atoms with Gasteiger partial charge in [0, 0.05) is 4.57 Å². The predicted octanol–water partition coefficient (Wildman–Crippen LogP) is 2.28. The number of rotatable bonds is 11. The Bertz CT molecular complexity index is 181. The average Bonchev–Trinajstić information content (AvgIpc) is 2.25. The van der Waals surface area contributed by atoms with Gasteiger partial charge in [0.2, 0.25) is 0 Å². The third kappa shape index (κ3) is 10.5. The molecule has 0 aromatic carbocycles. The topological polar surface area (TPSA) is 87.6 Å². The summed E-state index contributed by atoms with van der Waals surface area (Å²) in [6, 6.07) is 0. The monoisotopic (exact) mass is 251 g/mol. The first kappa shape index (κ1) is 15.9. The molecule has 0 spiro atoms. The minimum Gasteiger partial charge on any atom is -0.330 e. The van der Waals surface area contributed by atoms with E-state index in [1.165, 1.54) is 0 Å². The molecule has 0 saturated heterocycles. The van der Waals surface area contributed by atoms with Gasteiger partial charge < -0.3 is 11.5 Å². The Hall–Kier alpha value is -0.0600. The van der Waals surface area contributed by atoms with Gasteiger partial charge in [-0.1, -0.05) is 19.8 Å². The van der Waals surface area contributed by atoms with Crippen LogP contribution in [0.2, 0.25) is 0 Å². The third-order valence-electron chi connectivity index (χ3n) is 2.11. The van der Waals surface area contributed by atoms with Crippen molar-refractivity contribution in [1.82, 2.24) is 0 Å². The van der Waals surface area contributed by atoms with Gasteiger partial charge in [-0.25, -0.2) is 0 Å². The van der Waals surface area contributed by atoms with Crippen LogP contribution in [0.5, 0.6) is 0 Å². The van der Waals surface area contributed by atoms with Gasteiger partial charge in [0.25, 0.3) is 0 Å². The zero-order valence-electron chi connectivity index (χ0n) is 10.1. The molecule has 0 saturated carbocycles. The van der Waals surface area contributed by atoms with Crippen molar-refractivity contribution in [2.24, 2.45) is 11.5 Å². The van der Waals surface area contributed by atoms with Crippen LogP contribution < -0.4 is 11.5 Å². The van der Waals surface area contributed by atoms with Gasteiger partial charge in [-0.2, -0.15) is 0 Å². The highest BCUT2D eigenvalue weighted by Gasteiger charge is 2.24. The smallest absolute Gasteiger partial charge is 0.330 e. The van der Waals surface area contributed by atoms with Gasteiger partial charge in [0.05, 0.1) is 0 Å². The zero-order valence-corrected chi connectivity index (χ0v) is 11.0. The standard InChI is InChI=1S/C10H24N2O3P/c1-2-3-9-14-16(13)15-10(12)7-5-4-6-8-11/h10H,2-9,11-12H2,1H3/q+1. The maximum Gasteiger partial charge on any atom is 0.699 e. The van der Waals surface area contributed by atoms with Crippen molar-refractivity contribution < 1.29 is 13.6 Å². The fourth-order valence-electron chi connectivity index (χ4n) is 1.14. The van der Waals surface area contributed by atoms with Crippen LogP contribution in [0.15, 0.2) is 0 Å². The zero-order chi connectivity index (χ0) is 12.2. The summed E-state index contributed by atoms with van der Waals surface area (Å²) in [7, 11) is -2.06. The maximum atomic E-state index is 11.2. The summed E-state index contributed by atoms with van der Waals surface area (Å²) in [6.45, 7) is 3.20. The van der Waals surface area contributed by atoms with E-state index in [9.17, 15) is 4.57 Å². The molecule has 0 rings (SSSR count). The van der Waals surface area contributed by atoms with Gasteiger partial charge in [-0.3, -0.25) is 0 Å². The van der Waals surface area contributed by atoms with Crippen molar-refractivity contribution in [3.8, 4) is 0 Å². The molecule has 0 amide bonds. The van der Waals surface area contributed by atoms with Gasteiger partial charge in [0.15, 0.2) is 6.23 Å². The minimum atomic E-state index is -2.06. The highest BCUT2D eigenvalue weighted by atomic mass is 31.1. The molecular weight excluding hydrogens is 227 g/mol. The Labute approximate surface area is 98.8 Å². The molecule has 0 aliphatic carbocycles. The number of unbranched alkanes of at least 4 members (excludes halogenated alkanes) is 3. The van der Waals surface area contributed by atoms with Crippen molar-refractivity contribution in [2.75, 3.05) is 13.2 Å². The SMILES string of the molecule is CCCCO[P+](=O)OC(N)CCCCCN. The van der Waals surface area contributed by atoms with E-state index in [4.69, 9.17) is 20.5 Å². The molecular formula is C10H24N2O3P+. The summed E-state index contributed by atoms with van der Waals surface area (Å²) in [6.07, 6.45) is 5.05. The lowest BCUT2D eigenvalue weighted by Crippen LogP contribution is -2.21. The molecule has 6 heteroatoms. The van der Waals surface area contributed by atoms with Gasteiger partial charge in [-0.15, -0.1) is 9.05 Å². The molecule has 0 aliphatic heterocycles. The lowest BCUT2D eigenvalue weighted by molar-refractivity contribution is 0.157. The minimum absolute atomic E-state index is 0.464. The third-order valence-corrected chi connectivity index (χ3v) is 2.95. The summed E-state index contributed by atoms with van der Waals surface area (Å²) < 4.78 is 21.2. The average molecular weight is 251 g/mol. The first-order valence-electron chi connectivity index (χ1n) is 5.93. The number of hydrogen-bond donors (Lipinski definition) is 2. The van der Waals surface area contributed by atoms with E-state index >= 15 is 0 Å². The Kier molecular flexibility index (Phi) is 11.4. The van der Waals surface area contributed by atoms with Crippen molar-refractivity contribution in [3.63, 3.8) is 0 Å². The maximum absolute atomic E-state index is 11.2. The molecule has 0 aliphatic rings. The van der Waals surface area contributed by atoms with E-state index in [0.717, 1.165) is 32.1 Å². The summed E-state index contributed by atoms with van der Waals surface area (Å²) in [5.41, 5.74) is 11.0. The molecule has 0 aromatic rings. The molecule has 0 aromatic heterocycles. The van der Waals surface area contributed by atoms with Crippen LogP contribution in [-0.4, -0.2) is 19.4 Å². The van der Waals surface area contributed by atoms with Crippen LogP contribution in [0.25, 0.3) is 0 Å². The van der Waals surface area contributed by atoms with Crippen LogP contribution in [-0.2, 0) is 13.6 Å². The largest absolute Gasteiger partial charge is 0.699 e. The van der Waals surface area contributed by atoms with Crippen LogP contribution in [0, 0.1) is 0 Å². The normalized spacial score (nSPS) is 13.8. The van der Waals surface area contributed by atoms with E-state index < -0.39 is 14.5 Å². The van der Waals surface area contributed by atoms with E-state index in [0.29, 0.717) is 19.6 Å². The summed E-state index contributed by atoms with van der Waals surface area (Å²) in [5, 5.41) is 0. The molecule has 2 unspecified atom stereocenters. The molecule has 2 atom stereocenters. The van der Waals surface area contributed by atoms with Gasteiger partial charge in [0.1, 0.15) is 6.61 Å². The van der Waals surface area contributed by atoms with Gasteiger partial charge >= 0.3 is 8.25 Å². The second-order valence-electron chi connectivity index (χ2n) is 3.69. The van der Waals surface area contributed by atoms with Gasteiger partial charge in [-0.05, 0) is 32.2 Å².